The Balaban J connectivity index is 1.43. The number of alkyl halides is 3. The second-order valence-electron chi connectivity index (χ2n) is 10.9. The number of benzene rings is 2. The number of nitrogens with one attached hydrogen (secondary N) is 3. The third kappa shape index (κ3) is 8.16. The van der Waals surface area contributed by atoms with Gasteiger partial charge in [-0.05, 0) is 31.2 Å². The minimum Gasteiger partial charge on any atom is -0.367 e. The Bertz CT molecular complexity index is 1390. The summed E-state index contributed by atoms with van der Waals surface area (Å²) < 4.78 is 68.3. The molecule has 0 radical (unpaired) electrons. The zero-order chi connectivity index (χ0) is 32.2. The van der Waals surface area contributed by atoms with Gasteiger partial charge in [-0.25, -0.2) is 8.78 Å². The van der Waals surface area contributed by atoms with Crippen molar-refractivity contribution < 1.29 is 36.3 Å². The summed E-state index contributed by atoms with van der Waals surface area (Å²) >= 11 is 6.21. The molecule has 2 saturated heterocycles. The van der Waals surface area contributed by atoms with Crippen LogP contribution in [0.2, 0.25) is 5.02 Å². The summed E-state index contributed by atoms with van der Waals surface area (Å²) in [7, 11) is 0. The van der Waals surface area contributed by atoms with Gasteiger partial charge in [0.1, 0.15) is 6.04 Å². The molecule has 44 heavy (non-hydrogen) atoms. The van der Waals surface area contributed by atoms with Crippen molar-refractivity contribution in [3.8, 4) is 0 Å². The van der Waals surface area contributed by atoms with E-state index in [-0.39, 0.29) is 42.8 Å². The first kappa shape index (κ1) is 33.4. The van der Waals surface area contributed by atoms with Gasteiger partial charge in [0.15, 0.2) is 11.6 Å². The summed E-state index contributed by atoms with van der Waals surface area (Å²) in [6.07, 6.45) is -5.17. The van der Waals surface area contributed by atoms with Gasteiger partial charge in [0, 0.05) is 75.9 Å². The van der Waals surface area contributed by atoms with Crippen molar-refractivity contribution in [2.45, 2.75) is 45.1 Å². The first-order valence-corrected chi connectivity index (χ1v) is 14.5. The molecule has 0 aromatic heterocycles. The van der Waals surface area contributed by atoms with E-state index in [9.17, 15) is 27.6 Å². The quantitative estimate of drug-likeness (QED) is 0.379. The van der Waals surface area contributed by atoms with Crippen molar-refractivity contribution in [1.82, 2.24) is 20.4 Å². The largest absolute Gasteiger partial charge is 0.390 e. The molecule has 15 heteroatoms. The molecule has 4 rings (SSSR count). The van der Waals surface area contributed by atoms with Crippen LogP contribution in [0.5, 0.6) is 0 Å². The van der Waals surface area contributed by atoms with Gasteiger partial charge in [0.05, 0.1) is 23.4 Å². The monoisotopic (exact) mass is 644 g/mol. The van der Waals surface area contributed by atoms with Gasteiger partial charge in [-0.1, -0.05) is 17.7 Å². The number of anilines is 2. The van der Waals surface area contributed by atoms with Crippen LogP contribution in [0, 0.1) is 11.6 Å². The predicted octanol–water partition coefficient (Wildman–Crippen LogP) is 3.77. The predicted molar refractivity (Wildman–Crippen MR) is 156 cm³/mol. The number of halogens is 6. The van der Waals surface area contributed by atoms with Crippen LogP contribution in [0.1, 0.15) is 36.2 Å². The van der Waals surface area contributed by atoms with Gasteiger partial charge in [0.25, 0.3) is 5.91 Å². The second kappa shape index (κ2) is 14.1. The molecular weight excluding hydrogens is 611 g/mol. The lowest BCUT2D eigenvalue weighted by Gasteiger charge is -2.41. The summed E-state index contributed by atoms with van der Waals surface area (Å²) in [6.45, 7) is 4.82. The maximum atomic E-state index is 15.1. The Labute approximate surface area is 256 Å². The number of nitrogens with zero attached hydrogens (tertiary/aromatic N) is 3. The van der Waals surface area contributed by atoms with Gasteiger partial charge in [0.2, 0.25) is 11.8 Å². The van der Waals surface area contributed by atoms with E-state index >= 15 is 8.78 Å². The first-order chi connectivity index (χ1) is 20.7. The molecule has 9 nitrogen and oxygen atoms in total. The van der Waals surface area contributed by atoms with Crippen LogP contribution in [0.4, 0.5) is 33.3 Å². The molecule has 0 bridgehead atoms. The first-order valence-electron chi connectivity index (χ1n) is 14.1. The summed E-state index contributed by atoms with van der Waals surface area (Å²) in [5.74, 6) is -4.44. The highest BCUT2D eigenvalue weighted by Gasteiger charge is 2.32. The highest BCUT2D eigenvalue weighted by Crippen LogP contribution is 2.32. The fourth-order valence-corrected chi connectivity index (χ4v) is 5.56. The van der Waals surface area contributed by atoms with Crippen LogP contribution < -0.4 is 20.9 Å². The average molecular weight is 645 g/mol. The van der Waals surface area contributed by atoms with E-state index in [1.165, 1.54) is 30.0 Å². The van der Waals surface area contributed by atoms with Gasteiger partial charge in [-0.2, -0.15) is 13.2 Å². The number of carbonyl (C=O) groups excluding carboxylic acids is 3. The smallest absolute Gasteiger partial charge is 0.367 e. The number of piperazine rings is 2. The molecular formula is C29H34ClF5N6O3. The molecule has 2 aromatic carbocycles. The molecule has 2 fully saturated rings. The molecule has 0 unspecified atom stereocenters. The molecule has 3 N–H and O–H groups in total. The molecule has 0 saturated carbocycles. The molecule has 0 spiro atoms. The fourth-order valence-electron chi connectivity index (χ4n) is 5.40. The zero-order valence-electron chi connectivity index (χ0n) is 24.2. The highest BCUT2D eigenvalue weighted by molar-refractivity contribution is 6.31. The van der Waals surface area contributed by atoms with Gasteiger partial charge in [-0.3, -0.25) is 19.3 Å². The van der Waals surface area contributed by atoms with Crippen LogP contribution >= 0.6 is 11.6 Å². The van der Waals surface area contributed by atoms with Crippen LogP contribution in [-0.4, -0.2) is 91.6 Å². The number of hydrogen-bond acceptors (Lipinski definition) is 6. The Morgan fingerprint density at radius 1 is 1.07 bits per heavy atom. The number of amides is 3. The SMILES string of the molecule is CC(=O)N1CCNC[C@@H]1C(=O)NCc1ccc(C(=O)Nc2ccc(Cl)cc2N2CCN(CCC(F)(F)F)[C@H](C)C2)c(F)c1F. The molecule has 2 aromatic rings. The standard InChI is InChI=1S/C29H34ClF5N6O3/c1-17-16-40(12-11-39(17)9-7-29(33,34)35)23-13-20(30)4-6-22(23)38-27(43)21-5-3-19(25(31)26(21)32)14-37-28(44)24-15-36-8-10-41(24)18(2)42/h3-6,13,17,24,36H,7-12,14-16H2,1-2H3,(H,37,44)(H,38,43)/t17-,24-/m1/s1. The molecule has 2 aliphatic rings. The summed E-state index contributed by atoms with van der Waals surface area (Å²) in [5.41, 5.74) is 0.00551. The van der Waals surface area contributed by atoms with Crippen LogP contribution in [-0.2, 0) is 16.1 Å². The number of hydrogen-bond donors (Lipinski definition) is 3. The minimum atomic E-state index is -4.26. The Morgan fingerprint density at radius 3 is 2.50 bits per heavy atom. The van der Waals surface area contributed by atoms with Crippen molar-refractivity contribution in [2.75, 3.05) is 56.0 Å². The Morgan fingerprint density at radius 2 is 1.82 bits per heavy atom. The maximum absolute atomic E-state index is 15.1. The van der Waals surface area contributed by atoms with Crippen molar-refractivity contribution in [3.63, 3.8) is 0 Å². The van der Waals surface area contributed by atoms with Crippen molar-refractivity contribution in [3.05, 3.63) is 58.1 Å². The maximum Gasteiger partial charge on any atom is 0.390 e. The molecule has 2 heterocycles. The lowest BCUT2D eigenvalue weighted by atomic mass is 10.1. The van der Waals surface area contributed by atoms with Crippen molar-refractivity contribution >= 4 is 40.7 Å². The van der Waals surface area contributed by atoms with E-state index in [0.29, 0.717) is 43.4 Å². The van der Waals surface area contributed by atoms with E-state index in [1.54, 1.807) is 17.9 Å². The third-order valence-electron chi connectivity index (χ3n) is 7.81. The van der Waals surface area contributed by atoms with Gasteiger partial charge >= 0.3 is 6.18 Å². The average Bonchev–Trinajstić information content (AvgIpc) is 2.97. The highest BCUT2D eigenvalue weighted by atomic mass is 35.5. The fraction of sp³-hybridized carbons (Fsp3) is 0.483. The van der Waals surface area contributed by atoms with Gasteiger partial charge < -0.3 is 25.8 Å². The summed E-state index contributed by atoms with van der Waals surface area (Å²) in [6, 6.07) is 5.90. The summed E-state index contributed by atoms with van der Waals surface area (Å²) in [5, 5.41) is 8.49. The molecule has 0 aliphatic carbocycles. The lowest BCUT2D eigenvalue weighted by molar-refractivity contribution is -0.140. The third-order valence-corrected chi connectivity index (χ3v) is 8.04. The Kier molecular flexibility index (Phi) is 10.7. The van der Waals surface area contributed by atoms with E-state index in [1.807, 2.05) is 4.90 Å². The molecule has 3 amide bonds. The molecule has 2 aliphatic heterocycles. The van der Waals surface area contributed by atoms with E-state index < -0.39 is 47.7 Å². The van der Waals surface area contributed by atoms with E-state index in [2.05, 4.69) is 16.0 Å². The summed E-state index contributed by atoms with van der Waals surface area (Å²) in [4.78, 5) is 42.6. The van der Waals surface area contributed by atoms with E-state index in [0.717, 1.165) is 6.07 Å². The normalized spacial score (nSPS) is 19.5. The second-order valence-corrected chi connectivity index (χ2v) is 11.3. The topological polar surface area (TPSA) is 97.0 Å². The van der Waals surface area contributed by atoms with Crippen LogP contribution in [0.25, 0.3) is 0 Å². The zero-order valence-corrected chi connectivity index (χ0v) is 25.0. The number of rotatable bonds is 8. The number of carbonyl (C=O) groups is 3. The van der Waals surface area contributed by atoms with Crippen molar-refractivity contribution in [2.24, 2.45) is 0 Å². The minimum absolute atomic E-state index is 0.128. The lowest BCUT2D eigenvalue weighted by Crippen LogP contribution is -2.59. The van der Waals surface area contributed by atoms with Gasteiger partial charge in [-0.15, -0.1) is 0 Å². The molecule has 240 valence electrons. The molecule has 2 atom stereocenters. The van der Waals surface area contributed by atoms with Crippen LogP contribution in [0.15, 0.2) is 30.3 Å². The Hall–Kier alpha value is -3.49. The van der Waals surface area contributed by atoms with Crippen LogP contribution in [0.3, 0.4) is 0 Å². The van der Waals surface area contributed by atoms with E-state index in [4.69, 9.17) is 11.6 Å². The van der Waals surface area contributed by atoms with Crippen molar-refractivity contribution in [1.29, 1.82) is 0 Å².